The van der Waals surface area contributed by atoms with E-state index in [1.807, 2.05) is 24.3 Å². The molecule has 1 aliphatic rings. The lowest BCUT2D eigenvalue weighted by atomic mass is 9.89. The number of aryl methyl sites for hydroxylation is 2. The van der Waals surface area contributed by atoms with Crippen LogP contribution in [0.2, 0.25) is 5.02 Å². The Morgan fingerprint density at radius 2 is 1.85 bits per heavy atom. The summed E-state index contributed by atoms with van der Waals surface area (Å²) < 4.78 is 0.919. The summed E-state index contributed by atoms with van der Waals surface area (Å²) in [6.45, 7) is 0. The summed E-state index contributed by atoms with van der Waals surface area (Å²) in [7, 11) is 0. The number of nitrogens with one attached hydrogen (secondary N) is 1. The lowest BCUT2D eigenvalue weighted by Crippen LogP contribution is -2.13. The van der Waals surface area contributed by atoms with Crippen molar-refractivity contribution in [2.24, 2.45) is 0 Å². The molecule has 2 aromatic carbocycles. The van der Waals surface area contributed by atoms with E-state index in [1.165, 1.54) is 35.3 Å². The van der Waals surface area contributed by atoms with Crippen molar-refractivity contribution in [1.82, 2.24) is 4.98 Å². The van der Waals surface area contributed by atoms with Crippen LogP contribution in [0.4, 0.5) is 5.13 Å². The fourth-order valence-electron chi connectivity index (χ4n) is 3.41. The van der Waals surface area contributed by atoms with E-state index in [-0.39, 0.29) is 24.5 Å². The van der Waals surface area contributed by atoms with E-state index < -0.39 is 0 Å². The third-order valence-corrected chi connectivity index (χ3v) is 6.02. The van der Waals surface area contributed by atoms with Crippen LogP contribution in [0.5, 0.6) is 0 Å². The fourth-order valence-corrected chi connectivity index (χ4v) is 4.57. The van der Waals surface area contributed by atoms with E-state index in [1.54, 1.807) is 6.07 Å². The molecule has 27 heavy (non-hydrogen) atoms. The molecule has 4 nitrogen and oxygen atoms in total. The molecule has 0 spiro atoms. The Hall–Kier alpha value is -2.24. The Morgan fingerprint density at radius 3 is 2.70 bits per heavy atom. The van der Waals surface area contributed by atoms with Crippen molar-refractivity contribution in [2.75, 3.05) is 5.32 Å². The summed E-state index contributed by atoms with van der Waals surface area (Å²) in [6, 6.07) is 11.4. The van der Waals surface area contributed by atoms with Crippen molar-refractivity contribution in [1.29, 1.82) is 0 Å². The van der Waals surface area contributed by atoms with Crippen LogP contribution in [0.15, 0.2) is 36.4 Å². The van der Waals surface area contributed by atoms with Crippen molar-refractivity contribution in [3.05, 3.63) is 58.1 Å². The number of fused-ring (bicyclic) bond motifs is 2. The number of ketones is 1. The van der Waals surface area contributed by atoms with Gasteiger partial charge in [0.15, 0.2) is 10.9 Å². The molecule has 6 heteroatoms. The smallest absolute Gasteiger partial charge is 0.226 e. The van der Waals surface area contributed by atoms with E-state index in [0.717, 1.165) is 23.1 Å². The average Bonchev–Trinajstić information content (AvgIpc) is 3.06. The molecule has 0 aliphatic heterocycles. The number of nitrogens with zero attached hydrogens (tertiary/aromatic N) is 1. The Kier molecular flexibility index (Phi) is 5.23. The summed E-state index contributed by atoms with van der Waals surface area (Å²) in [5, 5.41) is 3.95. The summed E-state index contributed by atoms with van der Waals surface area (Å²) >= 11 is 7.35. The average molecular weight is 399 g/mol. The predicted octanol–water partition coefficient (Wildman–Crippen LogP) is 5.43. The lowest BCUT2D eigenvalue weighted by molar-refractivity contribution is -0.116. The first-order chi connectivity index (χ1) is 13.1. The molecule has 1 N–H and O–H groups in total. The van der Waals surface area contributed by atoms with E-state index in [0.29, 0.717) is 15.7 Å². The number of rotatable bonds is 5. The molecule has 3 aromatic rings. The Morgan fingerprint density at radius 1 is 1.04 bits per heavy atom. The van der Waals surface area contributed by atoms with Crippen molar-refractivity contribution < 1.29 is 9.59 Å². The molecule has 0 saturated carbocycles. The van der Waals surface area contributed by atoms with E-state index >= 15 is 0 Å². The molecule has 1 heterocycles. The maximum absolute atomic E-state index is 12.5. The van der Waals surface area contributed by atoms with Gasteiger partial charge in [-0.15, -0.1) is 0 Å². The summed E-state index contributed by atoms with van der Waals surface area (Å²) in [5.74, 6) is -0.193. The molecule has 1 aliphatic carbocycles. The highest BCUT2D eigenvalue weighted by Gasteiger charge is 2.15. The van der Waals surface area contributed by atoms with Gasteiger partial charge in [0, 0.05) is 23.4 Å². The molecular formula is C21H19ClN2O2S. The Bertz CT molecular complexity index is 1030. The van der Waals surface area contributed by atoms with Gasteiger partial charge in [-0.1, -0.05) is 35.1 Å². The maximum atomic E-state index is 12.5. The predicted molar refractivity (Wildman–Crippen MR) is 110 cm³/mol. The van der Waals surface area contributed by atoms with Crippen molar-refractivity contribution in [3.8, 4) is 0 Å². The molecule has 0 bridgehead atoms. The minimum Gasteiger partial charge on any atom is -0.302 e. The fraction of sp³-hybridized carbons (Fsp3) is 0.286. The van der Waals surface area contributed by atoms with Crippen LogP contribution in [0.25, 0.3) is 10.2 Å². The largest absolute Gasteiger partial charge is 0.302 e. The molecule has 0 radical (unpaired) electrons. The Balaban J connectivity index is 1.36. The monoisotopic (exact) mass is 398 g/mol. The highest BCUT2D eigenvalue weighted by molar-refractivity contribution is 7.22. The summed E-state index contributed by atoms with van der Waals surface area (Å²) in [4.78, 5) is 29.0. The number of Topliss-reactive ketones (excluding diaryl/α,β-unsaturated/α-hetero) is 1. The molecule has 0 atom stereocenters. The Labute approximate surface area is 166 Å². The van der Waals surface area contributed by atoms with E-state index in [2.05, 4.69) is 16.4 Å². The van der Waals surface area contributed by atoms with E-state index in [9.17, 15) is 9.59 Å². The first-order valence-corrected chi connectivity index (χ1v) is 10.3. The second-order valence-corrected chi connectivity index (χ2v) is 8.26. The molecule has 138 valence electrons. The highest BCUT2D eigenvalue weighted by Crippen LogP contribution is 2.28. The van der Waals surface area contributed by atoms with Crippen LogP contribution >= 0.6 is 22.9 Å². The lowest BCUT2D eigenvalue weighted by Gasteiger charge is -2.16. The third-order valence-electron chi connectivity index (χ3n) is 4.85. The summed E-state index contributed by atoms with van der Waals surface area (Å²) in [6.07, 6.45) is 4.88. The van der Waals surface area contributed by atoms with Crippen LogP contribution in [-0.2, 0) is 17.6 Å². The minimum atomic E-state index is -0.202. The van der Waals surface area contributed by atoms with Gasteiger partial charge < -0.3 is 5.32 Å². The zero-order valence-electron chi connectivity index (χ0n) is 14.8. The van der Waals surface area contributed by atoms with Crippen LogP contribution in [0.1, 0.15) is 47.2 Å². The molecule has 0 fully saturated rings. The SMILES string of the molecule is O=C(CCC(=O)c1ccc2c(c1)CCCC2)Nc1nc2ccc(Cl)cc2s1. The molecule has 1 aromatic heterocycles. The number of aromatic nitrogens is 1. The second kappa shape index (κ2) is 7.79. The van der Waals surface area contributed by atoms with Gasteiger partial charge in [0.05, 0.1) is 10.2 Å². The number of hydrogen-bond donors (Lipinski definition) is 1. The third kappa shape index (κ3) is 4.20. The second-order valence-electron chi connectivity index (χ2n) is 6.79. The van der Waals surface area contributed by atoms with Crippen molar-refractivity contribution in [2.45, 2.75) is 38.5 Å². The van der Waals surface area contributed by atoms with Gasteiger partial charge in [-0.3, -0.25) is 9.59 Å². The summed E-state index contributed by atoms with van der Waals surface area (Å²) in [5.41, 5.74) is 4.14. The zero-order valence-corrected chi connectivity index (χ0v) is 16.3. The topological polar surface area (TPSA) is 59.1 Å². The number of thiazole rings is 1. The molecule has 4 rings (SSSR count). The molecule has 0 unspecified atom stereocenters. The number of carbonyl (C=O) groups excluding carboxylic acids is 2. The molecule has 1 amide bonds. The van der Waals surface area contributed by atoms with Crippen LogP contribution in [-0.4, -0.2) is 16.7 Å². The number of halogens is 1. The van der Waals surface area contributed by atoms with Gasteiger partial charge in [0.2, 0.25) is 5.91 Å². The minimum absolute atomic E-state index is 0.00889. The van der Waals surface area contributed by atoms with Gasteiger partial charge in [0.25, 0.3) is 0 Å². The quantitative estimate of drug-likeness (QED) is 0.583. The first kappa shape index (κ1) is 18.1. The van der Waals surface area contributed by atoms with Gasteiger partial charge in [0.1, 0.15) is 0 Å². The molecular weight excluding hydrogens is 380 g/mol. The number of amides is 1. The van der Waals surface area contributed by atoms with Crippen molar-refractivity contribution >= 4 is 50.0 Å². The van der Waals surface area contributed by atoms with Crippen LogP contribution in [0, 0.1) is 0 Å². The van der Waals surface area contributed by atoms with Gasteiger partial charge >= 0.3 is 0 Å². The van der Waals surface area contributed by atoms with Crippen LogP contribution < -0.4 is 5.32 Å². The molecule has 0 saturated heterocycles. The normalized spacial score (nSPS) is 13.4. The van der Waals surface area contributed by atoms with E-state index in [4.69, 9.17) is 11.6 Å². The van der Waals surface area contributed by atoms with Crippen molar-refractivity contribution in [3.63, 3.8) is 0 Å². The zero-order chi connectivity index (χ0) is 18.8. The van der Waals surface area contributed by atoms with Gasteiger partial charge in [-0.25, -0.2) is 4.98 Å². The maximum Gasteiger partial charge on any atom is 0.226 e. The highest BCUT2D eigenvalue weighted by atomic mass is 35.5. The first-order valence-electron chi connectivity index (χ1n) is 9.09. The standard InChI is InChI=1S/C21H19ClN2O2S/c22-16-7-8-17-19(12-16)27-21(23-17)24-20(26)10-9-18(25)15-6-5-13-3-1-2-4-14(13)11-15/h5-8,11-12H,1-4,9-10H2,(H,23,24,26). The van der Waals surface area contributed by atoms with Gasteiger partial charge in [-0.05, 0) is 61.1 Å². The number of hydrogen-bond acceptors (Lipinski definition) is 4. The van der Waals surface area contributed by atoms with Crippen LogP contribution in [0.3, 0.4) is 0 Å². The van der Waals surface area contributed by atoms with Gasteiger partial charge in [-0.2, -0.15) is 0 Å². The number of benzene rings is 2. The number of anilines is 1. The number of carbonyl (C=O) groups is 2.